The first-order valence-electron chi connectivity index (χ1n) is 7.25. The van der Waals surface area contributed by atoms with E-state index in [2.05, 4.69) is 54.6 Å². The lowest BCUT2D eigenvalue weighted by Crippen LogP contribution is -2.19. The molecular formula is C18H21N. The third-order valence-corrected chi connectivity index (χ3v) is 4.29. The summed E-state index contributed by atoms with van der Waals surface area (Å²) in [6, 6.07) is 19.5. The Kier molecular flexibility index (Phi) is 3.65. The Balaban J connectivity index is 1.87. The van der Waals surface area contributed by atoms with Crippen LogP contribution >= 0.6 is 0 Å². The van der Waals surface area contributed by atoms with Gasteiger partial charge in [0.2, 0.25) is 0 Å². The fourth-order valence-corrected chi connectivity index (χ4v) is 3.14. The minimum atomic E-state index is 0.200. The van der Waals surface area contributed by atoms with Crippen LogP contribution in [0.15, 0.2) is 54.6 Å². The van der Waals surface area contributed by atoms with Crippen LogP contribution in [0.5, 0.6) is 0 Å². The number of nitrogens with two attached hydrogens (primary N) is 1. The molecule has 2 N–H and O–H groups in total. The fraction of sp³-hybridized carbons (Fsp3) is 0.333. The van der Waals surface area contributed by atoms with Crippen LogP contribution < -0.4 is 5.73 Å². The molecule has 1 atom stereocenters. The molecule has 1 saturated carbocycles. The highest BCUT2D eigenvalue weighted by Gasteiger charge is 2.23. The Morgan fingerprint density at radius 3 is 2.26 bits per heavy atom. The molecule has 1 aliphatic rings. The third kappa shape index (κ3) is 2.71. The predicted molar refractivity (Wildman–Crippen MR) is 80.8 cm³/mol. The number of hydrogen-bond donors (Lipinski definition) is 1. The van der Waals surface area contributed by atoms with Gasteiger partial charge in [0.15, 0.2) is 0 Å². The molecule has 3 rings (SSSR count). The lowest BCUT2D eigenvalue weighted by Gasteiger charge is -2.20. The first kappa shape index (κ1) is 12.4. The normalized spacial score (nSPS) is 17.5. The quantitative estimate of drug-likeness (QED) is 0.851. The molecule has 0 bridgehead atoms. The highest BCUT2D eigenvalue weighted by Crippen LogP contribution is 2.35. The smallest absolute Gasteiger partial charge is 0.0323 e. The van der Waals surface area contributed by atoms with Crippen LogP contribution in [0.2, 0.25) is 0 Å². The first-order valence-corrected chi connectivity index (χ1v) is 7.25. The fourth-order valence-electron chi connectivity index (χ4n) is 3.14. The van der Waals surface area contributed by atoms with Gasteiger partial charge < -0.3 is 5.73 Å². The van der Waals surface area contributed by atoms with Crippen molar-refractivity contribution in [3.05, 3.63) is 60.2 Å². The van der Waals surface area contributed by atoms with Crippen LogP contribution in [-0.2, 0) is 0 Å². The van der Waals surface area contributed by atoms with E-state index in [1.165, 1.54) is 42.4 Å². The highest BCUT2D eigenvalue weighted by molar-refractivity contribution is 5.64. The maximum atomic E-state index is 6.45. The van der Waals surface area contributed by atoms with E-state index in [9.17, 15) is 0 Å². The predicted octanol–water partition coefficient (Wildman–Crippen LogP) is 4.54. The van der Waals surface area contributed by atoms with Crippen molar-refractivity contribution in [3.63, 3.8) is 0 Å². The van der Waals surface area contributed by atoms with Gasteiger partial charge in [-0.05, 0) is 41.5 Å². The number of rotatable bonds is 3. The number of hydrogen-bond acceptors (Lipinski definition) is 1. The minimum Gasteiger partial charge on any atom is -0.324 e. The van der Waals surface area contributed by atoms with Gasteiger partial charge in [-0.1, -0.05) is 61.4 Å². The summed E-state index contributed by atoms with van der Waals surface area (Å²) >= 11 is 0. The van der Waals surface area contributed by atoms with E-state index in [1.54, 1.807) is 0 Å². The maximum Gasteiger partial charge on any atom is 0.0323 e. The molecule has 0 amide bonds. The summed E-state index contributed by atoms with van der Waals surface area (Å²) < 4.78 is 0. The summed E-state index contributed by atoms with van der Waals surface area (Å²) in [5.74, 6) is 0.672. The Bertz CT molecular complexity index is 526. The van der Waals surface area contributed by atoms with Gasteiger partial charge in [0, 0.05) is 6.04 Å². The van der Waals surface area contributed by atoms with Gasteiger partial charge >= 0.3 is 0 Å². The van der Waals surface area contributed by atoms with E-state index < -0.39 is 0 Å². The molecule has 0 unspecified atom stereocenters. The zero-order valence-electron chi connectivity index (χ0n) is 11.3. The van der Waals surface area contributed by atoms with E-state index in [-0.39, 0.29) is 6.04 Å². The maximum absolute atomic E-state index is 6.45. The molecule has 0 heterocycles. The molecule has 1 fully saturated rings. The zero-order valence-corrected chi connectivity index (χ0v) is 11.3. The Morgan fingerprint density at radius 1 is 0.842 bits per heavy atom. The van der Waals surface area contributed by atoms with Crippen LogP contribution in [0.4, 0.5) is 0 Å². The van der Waals surface area contributed by atoms with Crippen LogP contribution in [0.3, 0.4) is 0 Å². The Labute approximate surface area is 115 Å². The summed E-state index contributed by atoms with van der Waals surface area (Å²) in [4.78, 5) is 0. The average molecular weight is 251 g/mol. The van der Waals surface area contributed by atoms with E-state index in [4.69, 9.17) is 5.73 Å². The van der Waals surface area contributed by atoms with Gasteiger partial charge in [0.05, 0.1) is 0 Å². The Morgan fingerprint density at radius 2 is 1.53 bits per heavy atom. The van der Waals surface area contributed by atoms with Crippen LogP contribution in [0, 0.1) is 5.92 Å². The molecule has 2 aromatic carbocycles. The van der Waals surface area contributed by atoms with Gasteiger partial charge in [0.1, 0.15) is 0 Å². The van der Waals surface area contributed by atoms with Crippen molar-refractivity contribution in [1.29, 1.82) is 0 Å². The third-order valence-electron chi connectivity index (χ3n) is 4.29. The first-order chi connectivity index (χ1) is 9.34. The molecule has 0 radical (unpaired) electrons. The minimum absolute atomic E-state index is 0.200. The molecule has 0 aliphatic heterocycles. The van der Waals surface area contributed by atoms with Crippen molar-refractivity contribution >= 4 is 0 Å². The van der Waals surface area contributed by atoms with E-state index in [0.717, 1.165) is 0 Å². The topological polar surface area (TPSA) is 26.0 Å². The lowest BCUT2D eigenvalue weighted by molar-refractivity contribution is 0.445. The summed E-state index contributed by atoms with van der Waals surface area (Å²) in [7, 11) is 0. The van der Waals surface area contributed by atoms with E-state index in [0.29, 0.717) is 5.92 Å². The molecule has 2 aromatic rings. The zero-order chi connectivity index (χ0) is 13.1. The average Bonchev–Trinajstić information content (AvgIpc) is 3.02. The van der Waals surface area contributed by atoms with Gasteiger partial charge in [-0.2, -0.15) is 0 Å². The molecule has 98 valence electrons. The SMILES string of the molecule is N[C@H](c1cccc(-c2ccccc2)c1)C1CCCC1. The summed E-state index contributed by atoms with van der Waals surface area (Å²) in [6.45, 7) is 0. The number of benzene rings is 2. The summed E-state index contributed by atoms with van der Waals surface area (Å²) in [5, 5.41) is 0. The van der Waals surface area contributed by atoms with Crippen molar-refractivity contribution in [2.24, 2.45) is 11.7 Å². The Hall–Kier alpha value is -1.60. The second kappa shape index (κ2) is 5.58. The molecule has 1 nitrogen and oxygen atoms in total. The summed E-state index contributed by atoms with van der Waals surface area (Å²) in [5.41, 5.74) is 10.3. The second-order valence-electron chi connectivity index (χ2n) is 5.56. The van der Waals surface area contributed by atoms with Crippen molar-refractivity contribution in [1.82, 2.24) is 0 Å². The van der Waals surface area contributed by atoms with Crippen molar-refractivity contribution < 1.29 is 0 Å². The molecule has 0 spiro atoms. The van der Waals surface area contributed by atoms with Crippen molar-refractivity contribution in [2.75, 3.05) is 0 Å². The van der Waals surface area contributed by atoms with Crippen LogP contribution in [0.1, 0.15) is 37.3 Å². The van der Waals surface area contributed by atoms with Gasteiger partial charge in [-0.25, -0.2) is 0 Å². The lowest BCUT2D eigenvalue weighted by atomic mass is 9.90. The molecule has 1 aliphatic carbocycles. The summed E-state index contributed by atoms with van der Waals surface area (Å²) in [6.07, 6.45) is 5.26. The van der Waals surface area contributed by atoms with Crippen LogP contribution in [-0.4, -0.2) is 0 Å². The van der Waals surface area contributed by atoms with Gasteiger partial charge in [0.25, 0.3) is 0 Å². The van der Waals surface area contributed by atoms with Gasteiger partial charge in [-0.15, -0.1) is 0 Å². The van der Waals surface area contributed by atoms with Crippen LogP contribution in [0.25, 0.3) is 11.1 Å². The second-order valence-corrected chi connectivity index (χ2v) is 5.56. The van der Waals surface area contributed by atoms with E-state index in [1.807, 2.05) is 0 Å². The molecule has 19 heavy (non-hydrogen) atoms. The highest BCUT2D eigenvalue weighted by atomic mass is 14.7. The van der Waals surface area contributed by atoms with Crippen molar-refractivity contribution in [2.45, 2.75) is 31.7 Å². The monoisotopic (exact) mass is 251 g/mol. The largest absolute Gasteiger partial charge is 0.324 e. The van der Waals surface area contributed by atoms with E-state index >= 15 is 0 Å². The standard InChI is InChI=1S/C18H21N/c19-18(15-9-4-5-10-15)17-12-6-11-16(13-17)14-7-2-1-3-8-14/h1-3,6-8,11-13,15,18H,4-5,9-10,19H2/t18-/m0/s1. The molecule has 1 heteroatoms. The molecule has 0 aromatic heterocycles. The molecular weight excluding hydrogens is 230 g/mol. The molecule has 0 saturated heterocycles. The van der Waals surface area contributed by atoms with Crippen molar-refractivity contribution in [3.8, 4) is 11.1 Å². The van der Waals surface area contributed by atoms with Gasteiger partial charge in [-0.3, -0.25) is 0 Å².